The molecule has 0 saturated heterocycles. The zero-order chi connectivity index (χ0) is 10.8. The van der Waals surface area contributed by atoms with Gasteiger partial charge in [0.1, 0.15) is 0 Å². The summed E-state index contributed by atoms with van der Waals surface area (Å²) in [4.78, 5) is 2.76. The maximum absolute atomic E-state index is 2.30. The summed E-state index contributed by atoms with van der Waals surface area (Å²) in [5.74, 6) is 0. The molecular formula is C15H12S. The lowest BCUT2D eigenvalue weighted by molar-refractivity contribution is 1.29. The van der Waals surface area contributed by atoms with E-state index in [-0.39, 0.29) is 0 Å². The van der Waals surface area contributed by atoms with Gasteiger partial charge in [0.25, 0.3) is 0 Å². The SMILES string of the molecule is C1=C(Sc2ccccc2)Cc2ccccc21. The van der Waals surface area contributed by atoms with Crippen molar-refractivity contribution in [2.24, 2.45) is 0 Å². The highest BCUT2D eigenvalue weighted by Gasteiger charge is 2.12. The first kappa shape index (κ1) is 9.73. The topological polar surface area (TPSA) is 0 Å². The normalized spacial score (nSPS) is 13.4. The molecule has 16 heavy (non-hydrogen) atoms. The smallest absolute Gasteiger partial charge is 0.0119 e. The molecule has 78 valence electrons. The van der Waals surface area contributed by atoms with Crippen LogP contribution in [0.25, 0.3) is 6.08 Å². The molecule has 0 atom stereocenters. The van der Waals surface area contributed by atoms with Crippen LogP contribution >= 0.6 is 11.8 Å². The number of thioether (sulfide) groups is 1. The lowest BCUT2D eigenvalue weighted by Gasteiger charge is -2.01. The van der Waals surface area contributed by atoms with E-state index in [1.807, 2.05) is 11.8 Å². The molecule has 1 heteroatoms. The van der Waals surface area contributed by atoms with Gasteiger partial charge in [0.2, 0.25) is 0 Å². The van der Waals surface area contributed by atoms with Gasteiger partial charge in [0.05, 0.1) is 0 Å². The summed E-state index contributed by atoms with van der Waals surface area (Å²) >= 11 is 1.87. The van der Waals surface area contributed by atoms with E-state index in [2.05, 4.69) is 60.7 Å². The molecule has 0 aromatic heterocycles. The molecule has 0 heterocycles. The van der Waals surface area contributed by atoms with E-state index in [1.165, 1.54) is 20.9 Å². The van der Waals surface area contributed by atoms with Gasteiger partial charge in [-0.2, -0.15) is 0 Å². The molecule has 0 aliphatic heterocycles. The van der Waals surface area contributed by atoms with Crippen LogP contribution in [0.5, 0.6) is 0 Å². The Bertz CT molecular complexity index is 526. The van der Waals surface area contributed by atoms with Crippen LogP contribution in [0.1, 0.15) is 11.1 Å². The molecule has 0 saturated carbocycles. The van der Waals surface area contributed by atoms with Gasteiger partial charge >= 0.3 is 0 Å². The molecule has 1 aliphatic carbocycles. The predicted molar refractivity (Wildman–Crippen MR) is 70.4 cm³/mol. The molecule has 0 N–H and O–H groups in total. The third-order valence-electron chi connectivity index (χ3n) is 2.73. The van der Waals surface area contributed by atoms with Gasteiger partial charge in [-0.1, -0.05) is 54.2 Å². The monoisotopic (exact) mass is 224 g/mol. The number of rotatable bonds is 2. The number of allylic oxidation sites excluding steroid dienone is 1. The average molecular weight is 224 g/mol. The Hall–Kier alpha value is -1.47. The Labute approximate surface area is 100 Å². The fraction of sp³-hybridized carbons (Fsp3) is 0.0667. The zero-order valence-corrected chi connectivity index (χ0v) is 9.71. The van der Waals surface area contributed by atoms with Crippen molar-refractivity contribution < 1.29 is 0 Å². The van der Waals surface area contributed by atoms with Crippen molar-refractivity contribution in [3.63, 3.8) is 0 Å². The van der Waals surface area contributed by atoms with Gasteiger partial charge in [0, 0.05) is 11.3 Å². The van der Waals surface area contributed by atoms with Crippen LogP contribution in [0.3, 0.4) is 0 Å². The molecule has 0 fully saturated rings. The largest absolute Gasteiger partial charge is 0.0942 e. The van der Waals surface area contributed by atoms with Crippen LogP contribution in [0.15, 0.2) is 64.4 Å². The molecule has 0 radical (unpaired) electrons. The highest BCUT2D eigenvalue weighted by molar-refractivity contribution is 8.03. The van der Waals surface area contributed by atoms with Crippen molar-refractivity contribution >= 4 is 17.8 Å². The second kappa shape index (κ2) is 4.18. The first-order valence-corrected chi connectivity index (χ1v) is 6.25. The number of hydrogen-bond acceptors (Lipinski definition) is 1. The first-order valence-electron chi connectivity index (χ1n) is 5.43. The summed E-state index contributed by atoms with van der Waals surface area (Å²) in [7, 11) is 0. The van der Waals surface area contributed by atoms with Crippen molar-refractivity contribution in [3.8, 4) is 0 Å². The van der Waals surface area contributed by atoms with Crippen molar-refractivity contribution in [1.82, 2.24) is 0 Å². The van der Waals surface area contributed by atoms with Crippen LogP contribution in [-0.4, -0.2) is 0 Å². The highest BCUT2D eigenvalue weighted by Crippen LogP contribution is 2.35. The van der Waals surface area contributed by atoms with Crippen LogP contribution in [-0.2, 0) is 6.42 Å². The third kappa shape index (κ3) is 1.91. The predicted octanol–water partition coefficient (Wildman–Crippen LogP) is 4.38. The summed E-state index contributed by atoms with van der Waals surface area (Å²) < 4.78 is 0. The number of fused-ring (bicyclic) bond motifs is 1. The van der Waals surface area contributed by atoms with Gasteiger partial charge in [0.15, 0.2) is 0 Å². The molecule has 0 bridgehead atoms. The first-order chi connectivity index (χ1) is 7.92. The van der Waals surface area contributed by atoms with E-state index in [4.69, 9.17) is 0 Å². The van der Waals surface area contributed by atoms with E-state index >= 15 is 0 Å². The summed E-state index contributed by atoms with van der Waals surface area (Å²) in [5, 5.41) is 0. The Morgan fingerprint density at radius 1 is 0.812 bits per heavy atom. The molecular weight excluding hydrogens is 212 g/mol. The minimum Gasteiger partial charge on any atom is -0.0942 e. The van der Waals surface area contributed by atoms with Crippen molar-refractivity contribution in [2.75, 3.05) is 0 Å². The fourth-order valence-corrected chi connectivity index (χ4v) is 2.96. The molecule has 0 spiro atoms. The Morgan fingerprint density at radius 2 is 1.56 bits per heavy atom. The minimum absolute atomic E-state index is 1.08. The molecule has 1 aliphatic rings. The van der Waals surface area contributed by atoms with Gasteiger partial charge in [-0.3, -0.25) is 0 Å². The molecule has 0 nitrogen and oxygen atoms in total. The van der Waals surface area contributed by atoms with E-state index < -0.39 is 0 Å². The average Bonchev–Trinajstić information content (AvgIpc) is 2.72. The molecule has 0 unspecified atom stereocenters. The lowest BCUT2D eigenvalue weighted by Crippen LogP contribution is -1.81. The second-order valence-corrected chi connectivity index (χ2v) is 5.10. The third-order valence-corrected chi connectivity index (χ3v) is 3.76. The molecule has 2 aromatic carbocycles. The highest BCUT2D eigenvalue weighted by atomic mass is 32.2. The summed E-state index contributed by atoms with van der Waals surface area (Å²) in [6, 6.07) is 19.2. The van der Waals surface area contributed by atoms with E-state index in [0.717, 1.165) is 6.42 Å². The number of benzene rings is 2. The van der Waals surface area contributed by atoms with Crippen LogP contribution in [0.2, 0.25) is 0 Å². The minimum atomic E-state index is 1.08. The standard InChI is InChI=1S/C15H12S/c1-2-8-14(9-3-1)16-15-10-12-6-4-5-7-13(12)11-15/h1-10H,11H2. The summed E-state index contributed by atoms with van der Waals surface area (Å²) in [6.07, 6.45) is 3.38. The zero-order valence-electron chi connectivity index (χ0n) is 8.89. The van der Waals surface area contributed by atoms with Crippen LogP contribution < -0.4 is 0 Å². The van der Waals surface area contributed by atoms with E-state index in [9.17, 15) is 0 Å². The van der Waals surface area contributed by atoms with Gasteiger partial charge < -0.3 is 0 Å². The van der Waals surface area contributed by atoms with Gasteiger partial charge in [-0.05, 0) is 34.2 Å². The second-order valence-electron chi connectivity index (χ2n) is 3.90. The van der Waals surface area contributed by atoms with Gasteiger partial charge in [-0.25, -0.2) is 0 Å². The van der Waals surface area contributed by atoms with E-state index in [1.54, 1.807) is 0 Å². The van der Waals surface area contributed by atoms with Crippen molar-refractivity contribution in [2.45, 2.75) is 11.3 Å². The lowest BCUT2D eigenvalue weighted by atomic mass is 10.1. The fourth-order valence-electron chi connectivity index (χ4n) is 1.95. The molecule has 3 rings (SSSR count). The molecule has 0 amide bonds. The van der Waals surface area contributed by atoms with Crippen LogP contribution in [0.4, 0.5) is 0 Å². The van der Waals surface area contributed by atoms with Crippen molar-refractivity contribution in [3.05, 3.63) is 70.6 Å². The molecule has 2 aromatic rings. The van der Waals surface area contributed by atoms with Crippen LogP contribution in [0, 0.1) is 0 Å². The maximum Gasteiger partial charge on any atom is 0.0119 e. The Morgan fingerprint density at radius 3 is 2.38 bits per heavy atom. The van der Waals surface area contributed by atoms with E-state index in [0.29, 0.717) is 0 Å². The Balaban J connectivity index is 1.81. The van der Waals surface area contributed by atoms with Crippen molar-refractivity contribution in [1.29, 1.82) is 0 Å². The Kier molecular flexibility index (Phi) is 2.55. The maximum atomic E-state index is 2.30. The number of hydrogen-bond donors (Lipinski definition) is 0. The summed E-state index contributed by atoms with van der Waals surface area (Å²) in [6.45, 7) is 0. The van der Waals surface area contributed by atoms with Gasteiger partial charge in [-0.15, -0.1) is 0 Å². The summed E-state index contributed by atoms with van der Waals surface area (Å²) in [5.41, 5.74) is 2.82. The quantitative estimate of drug-likeness (QED) is 0.729.